The number of aliphatic hydroxyl groups excluding tert-OH is 1. The monoisotopic (exact) mass is 358 g/mol. The molecule has 1 saturated heterocycles. The molecule has 0 aromatic heterocycles. The van der Waals surface area contributed by atoms with Gasteiger partial charge in [-0.05, 0) is 32.1 Å². The van der Waals surface area contributed by atoms with Gasteiger partial charge in [0.05, 0.1) is 18.3 Å². The predicted octanol–water partition coefficient (Wildman–Crippen LogP) is 4.95. The minimum Gasteiger partial charge on any atom is -0.394 e. The molecule has 1 aliphatic heterocycles. The van der Waals surface area contributed by atoms with Gasteiger partial charge in [0.2, 0.25) is 0 Å². The van der Waals surface area contributed by atoms with Crippen molar-refractivity contribution in [3.8, 4) is 0 Å². The van der Waals surface area contributed by atoms with Gasteiger partial charge in [-0.25, -0.2) is 0 Å². The van der Waals surface area contributed by atoms with E-state index in [4.69, 9.17) is 9.47 Å². The summed E-state index contributed by atoms with van der Waals surface area (Å²) in [5.41, 5.74) is -0.719. The van der Waals surface area contributed by atoms with E-state index >= 15 is 0 Å². The molecular formula is C21H42O4. The minimum atomic E-state index is -0.719. The van der Waals surface area contributed by atoms with E-state index in [2.05, 4.69) is 13.8 Å². The summed E-state index contributed by atoms with van der Waals surface area (Å²) in [6.07, 6.45) is 14.0. The first-order valence-corrected chi connectivity index (χ1v) is 10.7. The Kier molecular flexibility index (Phi) is 12.8. The number of hydrogen-bond donors (Lipinski definition) is 2. The molecule has 1 fully saturated rings. The van der Waals surface area contributed by atoms with E-state index in [0.717, 1.165) is 51.6 Å². The standard InChI is InChI=1S/C21H42O4/c1-3-5-7-10-14-21(23,15-11-8-6-4-2)17-19(18-22)25-20-13-9-12-16-24-20/h19-20,22-23H,3-18H2,1-2H3/t19-,20?/m0/s1. The summed E-state index contributed by atoms with van der Waals surface area (Å²) in [7, 11) is 0. The molecule has 0 aromatic carbocycles. The van der Waals surface area contributed by atoms with Crippen LogP contribution in [0.4, 0.5) is 0 Å². The van der Waals surface area contributed by atoms with Gasteiger partial charge >= 0.3 is 0 Å². The zero-order valence-electron chi connectivity index (χ0n) is 16.7. The van der Waals surface area contributed by atoms with E-state index < -0.39 is 5.60 Å². The third-order valence-corrected chi connectivity index (χ3v) is 5.28. The highest BCUT2D eigenvalue weighted by Gasteiger charge is 2.31. The van der Waals surface area contributed by atoms with Crippen molar-refractivity contribution in [1.29, 1.82) is 0 Å². The van der Waals surface area contributed by atoms with Crippen LogP contribution in [0.2, 0.25) is 0 Å². The van der Waals surface area contributed by atoms with Crippen LogP contribution in [0.15, 0.2) is 0 Å². The third kappa shape index (κ3) is 10.5. The number of rotatable bonds is 15. The molecule has 0 bridgehead atoms. The molecule has 1 aliphatic rings. The molecule has 0 radical (unpaired) electrons. The molecule has 0 aliphatic carbocycles. The zero-order chi connectivity index (χ0) is 18.4. The van der Waals surface area contributed by atoms with Crippen molar-refractivity contribution in [2.45, 2.75) is 122 Å². The molecule has 150 valence electrons. The molecule has 25 heavy (non-hydrogen) atoms. The van der Waals surface area contributed by atoms with Crippen LogP contribution in [0.3, 0.4) is 0 Å². The Morgan fingerprint density at radius 2 is 1.64 bits per heavy atom. The number of hydrogen-bond acceptors (Lipinski definition) is 4. The molecule has 4 heteroatoms. The van der Waals surface area contributed by atoms with E-state index in [-0.39, 0.29) is 19.0 Å². The van der Waals surface area contributed by atoms with Crippen LogP contribution in [-0.2, 0) is 9.47 Å². The molecule has 0 saturated carbocycles. The first-order valence-electron chi connectivity index (χ1n) is 10.7. The Morgan fingerprint density at radius 1 is 1.00 bits per heavy atom. The number of aliphatic hydroxyl groups is 2. The van der Waals surface area contributed by atoms with Crippen LogP contribution in [0.25, 0.3) is 0 Å². The smallest absolute Gasteiger partial charge is 0.158 e. The van der Waals surface area contributed by atoms with Gasteiger partial charge in [-0.2, -0.15) is 0 Å². The van der Waals surface area contributed by atoms with Gasteiger partial charge in [-0.3, -0.25) is 0 Å². The summed E-state index contributed by atoms with van der Waals surface area (Å²) in [6.45, 7) is 5.10. The van der Waals surface area contributed by atoms with Crippen molar-refractivity contribution in [3.63, 3.8) is 0 Å². The highest BCUT2D eigenvalue weighted by atomic mass is 16.7. The molecule has 1 heterocycles. The Bertz CT molecular complexity index is 290. The molecule has 0 aromatic rings. The molecule has 1 unspecified atom stereocenters. The van der Waals surface area contributed by atoms with Crippen molar-refractivity contribution in [1.82, 2.24) is 0 Å². The summed E-state index contributed by atoms with van der Waals surface area (Å²) in [5.74, 6) is 0. The van der Waals surface area contributed by atoms with Crippen LogP contribution >= 0.6 is 0 Å². The van der Waals surface area contributed by atoms with Crippen molar-refractivity contribution < 1.29 is 19.7 Å². The van der Waals surface area contributed by atoms with E-state index in [0.29, 0.717) is 6.42 Å². The summed E-state index contributed by atoms with van der Waals surface area (Å²) >= 11 is 0. The van der Waals surface area contributed by atoms with Gasteiger partial charge in [0.15, 0.2) is 6.29 Å². The fraction of sp³-hybridized carbons (Fsp3) is 1.00. The lowest BCUT2D eigenvalue weighted by molar-refractivity contribution is -0.205. The van der Waals surface area contributed by atoms with Crippen molar-refractivity contribution >= 4 is 0 Å². The maximum absolute atomic E-state index is 11.2. The highest BCUT2D eigenvalue weighted by molar-refractivity contribution is 4.82. The molecule has 1 rings (SSSR count). The van der Waals surface area contributed by atoms with Gasteiger partial charge in [-0.1, -0.05) is 65.2 Å². The summed E-state index contributed by atoms with van der Waals surface area (Å²) in [5, 5.41) is 21.0. The zero-order valence-corrected chi connectivity index (χ0v) is 16.7. The molecule has 4 nitrogen and oxygen atoms in total. The van der Waals surface area contributed by atoms with Crippen molar-refractivity contribution in [2.24, 2.45) is 0 Å². The Hall–Kier alpha value is -0.160. The Morgan fingerprint density at radius 3 is 2.12 bits per heavy atom. The second-order valence-corrected chi connectivity index (χ2v) is 7.79. The van der Waals surface area contributed by atoms with Crippen molar-refractivity contribution in [2.75, 3.05) is 13.2 Å². The topological polar surface area (TPSA) is 58.9 Å². The maximum Gasteiger partial charge on any atom is 0.158 e. The van der Waals surface area contributed by atoms with E-state index in [9.17, 15) is 10.2 Å². The van der Waals surface area contributed by atoms with Gasteiger partial charge in [0.25, 0.3) is 0 Å². The van der Waals surface area contributed by atoms with Gasteiger partial charge in [0, 0.05) is 13.0 Å². The van der Waals surface area contributed by atoms with E-state index in [1.807, 2.05) is 0 Å². The predicted molar refractivity (Wildman–Crippen MR) is 103 cm³/mol. The first kappa shape index (κ1) is 22.9. The van der Waals surface area contributed by atoms with Crippen LogP contribution in [0.5, 0.6) is 0 Å². The first-order chi connectivity index (χ1) is 12.1. The van der Waals surface area contributed by atoms with Crippen LogP contribution in [-0.4, -0.2) is 41.4 Å². The van der Waals surface area contributed by atoms with E-state index in [1.165, 1.54) is 38.5 Å². The lowest BCUT2D eigenvalue weighted by Crippen LogP contribution is -2.39. The summed E-state index contributed by atoms with van der Waals surface area (Å²) in [6, 6.07) is 0. The van der Waals surface area contributed by atoms with Gasteiger partial charge in [0.1, 0.15) is 0 Å². The van der Waals surface area contributed by atoms with Gasteiger partial charge < -0.3 is 19.7 Å². The number of ether oxygens (including phenoxy) is 2. The van der Waals surface area contributed by atoms with E-state index in [1.54, 1.807) is 0 Å². The Labute approximate surface area is 155 Å². The van der Waals surface area contributed by atoms with Crippen molar-refractivity contribution in [3.05, 3.63) is 0 Å². The fourth-order valence-corrected chi connectivity index (χ4v) is 3.70. The Balaban J connectivity index is 2.50. The molecule has 2 N–H and O–H groups in total. The maximum atomic E-state index is 11.2. The largest absolute Gasteiger partial charge is 0.394 e. The van der Waals surface area contributed by atoms with Crippen LogP contribution in [0, 0.1) is 0 Å². The molecule has 2 atom stereocenters. The summed E-state index contributed by atoms with van der Waals surface area (Å²) < 4.78 is 11.6. The molecule has 0 spiro atoms. The fourth-order valence-electron chi connectivity index (χ4n) is 3.70. The molecular weight excluding hydrogens is 316 g/mol. The van der Waals surface area contributed by atoms with Gasteiger partial charge in [-0.15, -0.1) is 0 Å². The quantitative estimate of drug-likeness (QED) is 0.407. The minimum absolute atomic E-state index is 0.0495. The number of unbranched alkanes of at least 4 members (excludes halogenated alkanes) is 6. The lowest BCUT2D eigenvalue weighted by atomic mass is 9.85. The van der Waals surface area contributed by atoms with Crippen LogP contribution in [0.1, 0.15) is 104 Å². The average molecular weight is 359 g/mol. The van der Waals surface area contributed by atoms with Crippen LogP contribution < -0.4 is 0 Å². The lowest BCUT2D eigenvalue weighted by Gasteiger charge is -2.34. The average Bonchev–Trinajstić information content (AvgIpc) is 2.63. The third-order valence-electron chi connectivity index (χ3n) is 5.28. The molecule has 0 amide bonds. The highest BCUT2D eigenvalue weighted by Crippen LogP contribution is 2.29. The normalized spacial score (nSPS) is 19.9. The SMILES string of the molecule is CCCCCCC(O)(CCCCCC)C[C@@H](CO)OC1CCCCO1. The second kappa shape index (κ2) is 14.0. The second-order valence-electron chi connectivity index (χ2n) is 7.79. The summed E-state index contributed by atoms with van der Waals surface area (Å²) in [4.78, 5) is 0.